The van der Waals surface area contributed by atoms with E-state index in [1.807, 2.05) is 0 Å². The van der Waals surface area contributed by atoms with Crippen molar-refractivity contribution in [3.63, 3.8) is 0 Å². The summed E-state index contributed by atoms with van der Waals surface area (Å²) in [6.45, 7) is 0.794. The number of carboxylic acids is 1. The zero-order chi connectivity index (χ0) is 16.5. The minimum Gasteiger partial charge on any atom is -0.508 e. The van der Waals surface area contributed by atoms with Gasteiger partial charge in [-0.1, -0.05) is 0 Å². The van der Waals surface area contributed by atoms with E-state index in [2.05, 4.69) is 10.6 Å². The van der Waals surface area contributed by atoms with Gasteiger partial charge in [0.05, 0.1) is 0 Å². The normalized spacial score (nSPS) is 11.8. The standard InChI is InChI=1S/C14H22N4O4/c15-14(16)18-6-1-2-11(13(21)22)17-7-5-9-8-10(19)3-4-12(9)20/h3-4,8,11,17,19-20H,1-2,5-7H2,(H,21,22)(H4,15,16,18)/t11-/m0/s1. The topological polar surface area (TPSA) is 152 Å². The summed E-state index contributed by atoms with van der Waals surface area (Å²) in [4.78, 5) is 11.2. The molecule has 0 bridgehead atoms. The largest absolute Gasteiger partial charge is 0.508 e. The first-order chi connectivity index (χ1) is 10.4. The summed E-state index contributed by atoms with van der Waals surface area (Å²) < 4.78 is 0. The van der Waals surface area contributed by atoms with E-state index in [1.54, 1.807) is 0 Å². The van der Waals surface area contributed by atoms with E-state index in [9.17, 15) is 15.0 Å². The highest BCUT2D eigenvalue weighted by atomic mass is 16.4. The fraction of sp³-hybridized carbons (Fsp3) is 0.429. The van der Waals surface area contributed by atoms with E-state index in [4.69, 9.17) is 16.2 Å². The number of nitrogens with one attached hydrogen (secondary N) is 3. The van der Waals surface area contributed by atoms with Crippen molar-refractivity contribution in [2.75, 3.05) is 13.1 Å². The lowest BCUT2D eigenvalue weighted by Gasteiger charge is -2.15. The van der Waals surface area contributed by atoms with Gasteiger partial charge >= 0.3 is 5.97 Å². The van der Waals surface area contributed by atoms with Crippen LogP contribution in [0.1, 0.15) is 18.4 Å². The number of phenolic OH excluding ortho intramolecular Hbond substituents is 2. The Hall–Kier alpha value is -2.48. The minimum absolute atomic E-state index is 0.0536. The molecule has 0 aliphatic heterocycles. The lowest BCUT2D eigenvalue weighted by atomic mass is 10.1. The minimum atomic E-state index is -0.956. The Morgan fingerprint density at radius 2 is 2.05 bits per heavy atom. The molecule has 0 amide bonds. The van der Waals surface area contributed by atoms with Gasteiger partial charge in [0.1, 0.15) is 17.5 Å². The number of aromatic hydroxyl groups is 2. The molecule has 0 spiro atoms. The second-order valence-electron chi connectivity index (χ2n) is 4.89. The van der Waals surface area contributed by atoms with Crippen LogP contribution in [-0.4, -0.2) is 46.4 Å². The van der Waals surface area contributed by atoms with Crippen molar-refractivity contribution in [1.82, 2.24) is 10.6 Å². The molecule has 0 fully saturated rings. The van der Waals surface area contributed by atoms with Crippen LogP contribution in [0.2, 0.25) is 0 Å². The summed E-state index contributed by atoms with van der Waals surface area (Å²) in [7, 11) is 0. The lowest BCUT2D eigenvalue weighted by molar-refractivity contribution is -0.139. The van der Waals surface area contributed by atoms with Gasteiger partial charge in [0.2, 0.25) is 0 Å². The summed E-state index contributed by atoms with van der Waals surface area (Å²) in [6.07, 6.45) is 1.35. The van der Waals surface area contributed by atoms with Crippen LogP contribution in [0, 0.1) is 5.41 Å². The lowest BCUT2D eigenvalue weighted by Crippen LogP contribution is -2.39. The third-order valence-electron chi connectivity index (χ3n) is 3.13. The molecular weight excluding hydrogens is 288 g/mol. The summed E-state index contributed by atoms with van der Waals surface area (Å²) >= 11 is 0. The molecular formula is C14H22N4O4. The third-order valence-corrected chi connectivity index (χ3v) is 3.13. The van der Waals surface area contributed by atoms with E-state index in [0.717, 1.165) is 0 Å². The highest BCUT2D eigenvalue weighted by Gasteiger charge is 2.16. The van der Waals surface area contributed by atoms with Crippen LogP contribution in [-0.2, 0) is 11.2 Å². The maximum absolute atomic E-state index is 11.2. The fourth-order valence-electron chi connectivity index (χ4n) is 2.00. The summed E-state index contributed by atoms with van der Waals surface area (Å²) in [6, 6.07) is 3.51. The van der Waals surface area contributed by atoms with Crippen molar-refractivity contribution in [2.24, 2.45) is 5.73 Å². The van der Waals surface area contributed by atoms with Crippen molar-refractivity contribution in [2.45, 2.75) is 25.3 Å². The maximum Gasteiger partial charge on any atom is 0.320 e. The van der Waals surface area contributed by atoms with E-state index < -0.39 is 12.0 Å². The monoisotopic (exact) mass is 310 g/mol. The van der Waals surface area contributed by atoms with Crippen LogP contribution >= 0.6 is 0 Å². The Bertz CT molecular complexity index is 522. The quantitative estimate of drug-likeness (QED) is 0.146. The van der Waals surface area contributed by atoms with Crippen molar-refractivity contribution < 1.29 is 20.1 Å². The van der Waals surface area contributed by atoms with Gasteiger partial charge in [-0.05, 0) is 43.0 Å². The van der Waals surface area contributed by atoms with Gasteiger partial charge in [-0.15, -0.1) is 0 Å². The number of benzene rings is 1. The molecule has 0 saturated heterocycles. The number of phenols is 2. The molecule has 1 atom stereocenters. The molecule has 0 heterocycles. The maximum atomic E-state index is 11.2. The molecule has 0 aromatic heterocycles. The van der Waals surface area contributed by atoms with Gasteiger partial charge in [-0.2, -0.15) is 0 Å². The Morgan fingerprint density at radius 3 is 2.68 bits per heavy atom. The Morgan fingerprint density at radius 1 is 1.32 bits per heavy atom. The zero-order valence-corrected chi connectivity index (χ0v) is 12.2. The summed E-state index contributed by atoms with van der Waals surface area (Å²) in [5, 5.41) is 40.7. The molecule has 8 N–H and O–H groups in total. The first-order valence-electron chi connectivity index (χ1n) is 6.95. The van der Waals surface area contributed by atoms with Crippen LogP contribution < -0.4 is 16.4 Å². The molecule has 0 aliphatic rings. The van der Waals surface area contributed by atoms with E-state index in [-0.39, 0.29) is 17.5 Å². The number of carbonyl (C=O) groups is 1. The number of guanidine groups is 1. The number of hydrogen-bond acceptors (Lipinski definition) is 5. The van der Waals surface area contributed by atoms with Gasteiger partial charge in [0.15, 0.2) is 5.96 Å². The van der Waals surface area contributed by atoms with E-state index in [0.29, 0.717) is 37.9 Å². The first kappa shape index (κ1) is 17.6. The number of hydrogen-bond donors (Lipinski definition) is 7. The first-order valence-corrected chi connectivity index (χ1v) is 6.95. The Balaban J connectivity index is 2.39. The molecule has 0 radical (unpaired) electrons. The smallest absolute Gasteiger partial charge is 0.320 e. The van der Waals surface area contributed by atoms with Crippen molar-refractivity contribution >= 4 is 11.9 Å². The second kappa shape index (κ2) is 8.73. The molecule has 1 aromatic carbocycles. The molecule has 1 aromatic rings. The fourth-order valence-corrected chi connectivity index (χ4v) is 2.00. The van der Waals surface area contributed by atoms with E-state index in [1.165, 1.54) is 18.2 Å². The van der Waals surface area contributed by atoms with Gasteiger partial charge in [-0.25, -0.2) is 0 Å². The van der Waals surface area contributed by atoms with Crippen molar-refractivity contribution in [3.8, 4) is 11.5 Å². The average Bonchev–Trinajstić information content (AvgIpc) is 2.44. The number of rotatable bonds is 9. The molecule has 0 saturated carbocycles. The van der Waals surface area contributed by atoms with Crippen LogP contribution in [0.15, 0.2) is 18.2 Å². The van der Waals surface area contributed by atoms with Crippen LogP contribution in [0.25, 0.3) is 0 Å². The molecule has 0 aliphatic carbocycles. The van der Waals surface area contributed by atoms with Crippen LogP contribution in [0.4, 0.5) is 0 Å². The van der Waals surface area contributed by atoms with Gasteiger partial charge in [0, 0.05) is 13.1 Å². The molecule has 8 nitrogen and oxygen atoms in total. The van der Waals surface area contributed by atoms with Gasteiger partial charge in [-0.3, -0.25) is 10.2 Å². The van der Waals surface area contributed by atoms with Crippen LogP contribution in [0.3, 0.4) is 0 Å². The van der Waals surface area contributed by atoms with Crippen molar-refractivity contribution in [1.29, 1.82) is 5.41 Å². The highest BCUT2D eigenvalue weighted by Crippen LogP contribution is 2.22. The summed E-state index contributed by atoms with van der Waals surface area (Å²) in [5.74, 6) is -0.975. The third kappa shape index (κ3) is 6.31. The number of aliphatic carboxylic acids is 1. The van der Waals surface area contributed by atoms with E-state index >= 15 is 0 Å². The summed E-state index contributed by atoms with van der Waals surface area (Å²) in [5.41, 5.74) is 5.69. The predicted molar refractivity (Wildman–Crippen MR) is 82.1 cm³/mol. The van der Waals surface area contributed by atoms with Crippen molar-refractivity contribution in [3.05, 3.63) is 23.8 Å². The van der Waals surface area contributed by atoms with Crippen LogP contribution in [0.5, 0.6) is 11.5 Å². The zero-order valence-electron chi connectivity index (χ0n) is 12.2. The Labute approximate surface area is 128 Å². The molecule has 1 rings (SSSR count). The van der Waals surface area contributed by atoms with Gasteiger partial charge < -0.3 is 31.7 Å². The SMILES string of the molecule is N=C(N)NCCC[C@H](NCCc1cc(O)ccc1O)C(=O)O. The highest BCUT2D eigenvalue weighted by molar-refractivity contribution is 5.74. The van der Waals surface area contributed by atoms with Gasteiger partial charge in [0.25, 0.3) is 0 Å². The average molecular weight is 310 g/mol. The molecule has 122 valence electrons. The molecule has 22 heavy (non-hydrogen) atoms. The number of carboxylic acid groups (broad SMARTS) is 1. The number of nitrogens with two attached hydrogens (primary N) is 1. The molecule has 8 heteroatoms. The predicted octanol–water partition coefficient (Wildman–Crippen LogP) is -0.0536. The second-order valence-corrected chi connectivity index (χ2v) is 4.89. The molecule has 0 unspecified atom stereocenters. The Kier molecular flexibility index (Phi) is 6.97.